The fraction of sp³-hybridized carbons (Fsp3) is 0.440. The number of carbonyl (C=O) groups excluding carboxylic acids is 2. The topological polar surface area (TPSA) is 54.8 Å². The minimum Gasteiger partial charge on any atom is -0.360 e. The summed E-state index contributed by atoms with van der Waals surface area (Å²) in [5, 5.41) is 0. The van der Waals surface area contributed by atoms with Gasteiger partial charge in [0.15, 0.2) is 0 Å². The molecule has 2 fully saturated rings. The van der Waals surface area contributed by atoms with E-state index < -0.39 is 17.4 Å². The second kappa shape index (κ2) is 6.82. The van der Waals surface area contributed by atoms with Gasteiger partial charge in [0.1, 0.15) is 5.60 Å². The van der Waals surface area contributed by atoms with Crippen LogP contribution in [0, 0.1) is 18.8 Å². The third kappa shape index (κ3) is 2.88. The maximum atomic E-state index is 13.6. The maximum absolute atomic E-state index is 13.6. The molecule has 6 rings (SSSR count). The van der Waals surface area contributed by atoms with Crippen molar-refractivity contribution in [1.82, 2.24) is 14.4 Å². The van der Waals surface area contributed by atoms with E-state index in [0.717, 1.165) is 18.7 Å². The Kier molecular flexibility index (Phi) is 4.15. The molecule has 0 N–H and O–H groups in total. The molecular formula is C25H27N3O3. The van der Waals surface area contributed by atoms with Crippen LogP contribution in [0.25, 0.3) is 0 Å². The van der Waals surface area contributed by atoms with E-state index in [-0.39, 0.29) is 17.9 Å². The van der Waals surface area contributed by atoms with Gasteiger partial charge in [0.25, 0.3) is 0 Å². The molecule has 2 aromatic rings. The normalized spacial score (nSPS) is 30.7. The highest BCUT2D eigenvalue weighted by Crippen LogP contribution is 2.52. The van der Waals surface area contributed by atoms with E-state index in [1.54, 1.807) is 0 Å². The minimum atomic E-state index is -0.634. The number of aromatic nitrogens is 1. The molecule has 0 aliphatic carbocycles. The summed E-state index contributed by atoms with van der Waals surface area (Å²) in [7, 11) is 0. The number of rotatable bonds is 4. The number of nitrogens with zero attached hydrogens (tertiary/aromatic N) is 3. The van der Waals surface area contributed by atoms with Crippen molar-refractivity contribution in [2.75, 3.05) is 19.6 Å². The van der Waals surface area contributed by atoms with Crippen LogP contribution in [0.1, 0.15) is 16.8 Å². The Morgan fingerprint density at radius 2 is 2.03 bits per heavy atom. The molecule has 4 aliphatic heterocycles. The zero-order valence-electron chi connectivity index (χ0n) is 17.7. The molecule has 1 aromatic heterocycles. The van der Waals surface area contributed by atoms with E-state index in [4.69, 9.17) is 4.74 Å². The Morgan fingerprint density at radius 3 is 2.87 bits per heavy atom. The lowest BCUT2D eigenvalue weighted by Gasteiger charge is -2.33. The van der Waals surface area contributed by atoms with Gasteiger partial charge in [0.05, 0.1) is 31.0 Å². The van der Waals surface area contributed by atoms with Gasteiger partial charge in [0, 0.05) is 31.5 Å². The van der Waals surface area contributed by atoms with Crippen molar-refractivity contribution in [3.05, 3.63) is 71.6 Å². The van der Waals surface area contributed by atoms with Gasteiger partial charge < -0.3 is 19.1 Å². The number of likely N-dealkylation sites (tertiary alicyclic amines) is 1. The molecule has 160 valence electrons. The summed E-state index contributed by atoms with van der Waals surface area (Å²) in [6.45, 7) is 5.35. The predicted molar refractivity (Wildman–Crippen MR) is 115 cm³/mol. The summed E-state index contributed by atoms with van der Waals surface area (Å²) in [6.07, 6.45) is 6.63. The van der Waals surface area contributed by atoms with E-state index in [2.05, 4.69) is 48.0 Å². The lowest BCUT2D eigenvalue weighted by atomic mass is 9.76. The standard InChI is InChI=1S/C25H27N3O3/c1-17-4-6-18(7-5-17)9-12-28-16-25-10-8-20(31-25)21(22(25)24(28)30)23(29)27-14-13-26-11-2-3-19(26)15-27/h2-8,10-11,20-22H,9,12-16H2,1H3/t20-,21+,22-,25-/m0/s1. The van der Waals surface area contributed by atoms with Gasteiger partial charge in [-0.05, 0) is 31.0 Å². The average molecular weight is 418 g/mol. The van der Waals surface area contributed by atoms with Gasteiger partial charge in [-0.25, -0.2) is 0 Å². The largest absolute Gasteiger partial charge is 0.360 e. The molecule has 6 heteroatoms. The highest BCUT2D eigenvalue weighted by Gasteiger charge is 2.67. The number of benzene rings is 1. The Labute approximate surface area is 182 Å². The summed E-state index contributed by atoms with van der Waals surface area (Å²) in [5.41, 5.74) is 2.96. The van der Waals surface area contributed by atoms with Crippen LogP contribution in [0.3, 0.4) is 0 Å². The van der Waals surface area contributed by atoms with E-state index in [9.17, 15) is 9.59 Å². The van der Waals surface area contributed by atoms with Crippen molar-refractivity contribution in [2.45, 2.75) is 38.1 Å². The summed E-state index contributed by atoms with van der Waals surface area (Å²) in [5.74, 6) is -0.690. The molecule has 0 saturated carbocycles. The van der Waals surface area contributed by atoms with Crippen molar-refractivity contribution < 1.29 is 14.3 Å². The van der Waals surface area contributed by atoms with Gasteiger partial charge in [-0.3, -0.25) is 9.59 Å². The zero-order valence-corrected chi connectivity index (χ0v) is 17.7. The summed E-state index contributed by atoms with van der Waals surface area (Å²) in [6, 6.07) is 12.5. The molecule has 1 spiro atoms. The molecular weight excluding hydrogens is 390 g/mol. The second-order valence-corrected chi connectivity index (χ2v) is 9.35. The van der Waals surface area contributed by atoms with Gasteiger partial charge in [-0.15, -0.1) is 0 Å². The zero-order chi connectivity index (χ0) is 21.2. The van der Waals surface area contributed by atoms with Crippen molar-refractivity contribution in [1.29, 1.82) is 0 Å². The Hall–Kier alpha value is -2.86. The minimum absolute atomic E-state index is 0.0578. The van der Waals surface area contributed by atoms with Crippen LogP contribution >= 0.6 is 0 Å². The third-order valence-corrected chi connectivity index (χ3v) is 7.45. The van der Waals surface area contributed by atoms with Crippen LogP contribution in [0.15, 0.2) is 54.7 Å². The highest BCUT2D eigenvalue weighted by atomic mass is 16.5. The number of aryl methyl sites for hydroxylation is 1. The SMILES string of the molecule is Cc1ccc(CCN2C[C@]34C=C[C@H](O3)[C@@H](C(=O)N3CCn5cccc5C3)[C@H]4C2=O)cc1. The van der Waals surface area contributed by atoms with Crippen molar-refractivity contribution >= 4 is 11.8 Å². The first kappa shape index (κ1) is 18.9. The Morgan fingerprint density at radius 1 is 1.19 bits per heavy atom. The molecule has 0 unspecified atom stereocenters. The number of ether oxygens (including phenoxy) is 1. The van der Waals surface area contributed by atoms with Crippen LogP contribution in [-0.4, -0.2) is 57.5 Å². The van der Waals surface area contributed by atoms with E-state index in [1.165, 1.54) is 11.1 Å². The molecule has 4 aliphatic rings. The fourth-order valence-corrected chi connectivity index (χ4v) is 5.78. The summed E-state index contributed by atoms with van der Waals surface area (Å²) >= 11 is 0. The highest BCUT2D eigenvalue weighted by molar-refractivity contribution is 5.93. The van der Waals surface area contributed by atoms with Crippen LogP contribution < -0.4 is 0 Å². The first-order valence-electron chi connectivity index (χ1n) is 11.2. The monoisotopic (exact) mass is 417 g/mol. The third-order valence-electron chi connectivity index (χ3n) is 7.45. The van der Waals surface area contributed by atoms with Gasteiger partial charge in [0.2, 0.25) is 11.8 Å². The lowest BCUT2D eigenvalue weighted by Crippen LogP contribution is -2.48. The smallest absolute Gasteiger partial charge is 0.230 e. The lowest BCUT2D eigenvalue weighted by molar-refractivity contribution is -0.144. The second-order valence-electron chi connectivity index (χ2n) is 9.35. The molecule has 0 radical (unpaired) electrons. The van der Waals surface area contributed by atoms with E-state index in [1.807, 2.05) is 28.0 Å². The quantitative estimate of drug-likeness (QED) is 0.717. The molecule has 2 bridgehead atoms. The first-order valence-corrected chi connectivity index (χ1v) is 11.2. The Balaban J connectivity index is 1.20. The van der Waals surface area contributed by atoms with Gasteiger partial charge >= 0.3 is 0 Å². The van der Waals surface area contributed by atoms with Crippen molar-refractivity contribution in [3.63, 3.8) is 0 Å². The molecule has 6 nitrogen and oxygen atoms in total. The molecule has 2 saturated heterocycles. The van der Waals surface area contributed by atoms with Crippen molar-refractivity contribution in [3.8, 4) is 0 Å². The van der Waals surface area contributed by atoms with Crippen LogP contribution in [-0.2, 0) is 33.8 Å². The van der Waals surface area contributed by atoms with Gasteiger partial charge in [-0.2, -0.15) is 0 Å². The molecule has 31 heavy (non-hydrogen) atoms. The van der Waals surface area contributed by atoms with Gasteiger partial charge in [-0.1, -0.05) is 42.0 Å². The average Bonchev–Trinajstić information content (AvgIpc) is 3.53. The summed E-state index contributed by atoms with van der Waals surface area (Å²) in [4.78, 5) is 30.8. The van der Waals surface area contributed by atoms with Crippen LogP contribution in [0.5, 0.6) is 0 Å². The van der Waals surface area contributed by atoms with Crippen LogP contribution in [0.4, 0.5) is 0 Å². The Bertz CT molecular complexity index is 1070. The number of hydrogen-bond donors (Lipinski definition) is 0. The number of fused-ring (bicyclic) bond motifs is 2. The maximum Gasteiger partial charge on any atom is 0.230 e. The van der Waals surface area contributed by atoms with E-state index in [0.29, 0.717) is 26.2 Å². The first-order chi connectivity index (χ1) is 15.0. The number of carbonyl (C=O) groups is 2. The van der Waals surface area contributed by atoms with Crippen LogP contribution in [0.2, 0.25) is 0 Å². The van der Waals surface area contributed by atoms with Crippen molar-refractivity contribution in [2.24, 2.45) is 11.8 Å². The number of hydrogen-bond acceptors (Lipinski definition) is 3. The van der Waals surface area contributed by atoms with E-state index >= 15 is 0 Å². The molecule has 4 atom stereocenters. The molecule has 1 aromatic carbocycles. The molecule has 5 heterocycles. The summed E-state index contributed by atoms with van der Waals surface area (Å²) < 4.78 is 8.50. The predicted octanol–water partition coefficient (Wildman–Crippen LogP) is 2.16. The number of amides is 2. The fourth-order valence-electron chi connectivity index (χ4n) is 5.78. The molecule has 2 amide bonds.